The number of hydrogen-bond donors (Lipinski definition) is 0. The van der Waals surface area contributed by atoms with Gasteiger partial charge in [-0.3, -0.25) is 0 Å². The Labute approximate surface area is 176 Å². The SMILES string of the molecule is C#CCOc1nc(C(F)(F)F)cc(-c2ccc(S(C)(=O)=O)cc2)c1-c1ccc(F)cc1. The molecule has 0 radical (unpaired) electrons. The summed E-state index contributed by atoms with van der Waals surface area (Å²) in [6.07, 6.45) is 1.42. The lowest BCUT2D eigenvalue weighted by Gasteiger charge is -2.18. The Morgan fingerprint density at radius 1 is 1.03 bits per heavy atom. The summed E-state index contributed by atoms with van der Waals surface area (Å²) in [6, 6.07) is 11.2. The normalized spacial score (nSPS) is 11.7. The molecule has 4 nitrogen and oxygen atoms in total. The molecular formula is C22H15F4NO3S. The van der Waals surface area contributed by atoms with Gasteiger partial charge >= 0.3 is 6.18 Å². The topological polar surface area (TPSA) is 56.3 Å². The molecule has 2 aromatic carbocycles. The van der Waals surface area contributed by atoms with Crippen LogP contribution >= 0.6 is 0 Å². The number of sulfone groups is 1. The number of hydrogen-bond acceptors (Lipinski definition) is 4. The van der Waals surface area contributed by atoms with E-state index in [9.17, 15) is 26.0 Å². The van der Waals surface area contributed by atoms with E-state index in [4.69, 9.17) is 11.2 Å². The fourth-order valence-corrected chi connectivity index (χ4v) is 3.52. The predicted octanol–water partition coefficient (Wildman–Crippen LogP) is 4.99. The maximum atomic E-state index is 13.5. The highest BCUT2D eigenvalue weighted by Crippen LogP contribution is 2.42. The lowest BCUT2D eigenvalue weighted by atomic mass is 9.95. The van der Waals surface area contributed by atoms with Gasteiger partial charge in [0.15, 0.2) is 16.4 Å². The van der Waals surface area contributed by atoms with E-state index in [1.165, 1.54) is 36.4 Å². The van der Waals surface area contributed by atoms with Gasteiger partial charge in [0.1, 0.15) is 11.5 Å². The van der Waals surface area contributed by atoms with Crippen LogP contribution in [0.3, 0.4) is 0 Å². The van der Waals surface area contributed by atoms with Gasteiger partial charge in [0, 0.05) is 6.26 Å². The van der Waals surface area contributed by atoms with Gasteiger partial charge < -0.3 is 4.74 Å². The van der Waals surface area contributed by atoms with Crippen molar-refractivity contribution in [3.05, 3.63) is 66.1 Å². The third-order valence-electron chi connectivity index (χ3n) is 4.30. The monoisotopic (exact) mass is 449 g/mol. The van der Waals surface area contributed by atoms with E-state index in [1.54, 1.807) is 0 Å². The standard InChI is InChI=1S/C22H15F4NO3S/c1-3-12-30-21-20(15-4-8-16(23)9-5-15)18(13-19(27-21)22(24,25)26)14-6-10-17(11-7-14)31(2,28)29/h1,4-11,13H,12H2,2H3. The van der Waals surface area contributed by atoms with Crippen LogP contribution in [-0.2, 0) is 16.0 Å². The van der Waals surface area contributed by atoms with Crippen LogP contribution in [-0.4, -0.2) is 26.3 Å². The number of aromatic nitrogens is 1. The fraction of sp³-hybridized carbons (Fsp3) is 0.136. The molecule has 0 saturated heterocycles. The molecule has 1 aromatic heterocycles. The summed E-state index contributed by atoms with van der Waals surface area (Å²) in [6.45, 7) is -0.338. The Bertz CT molecular complexity index is 1240. The average Bonchev–Trinajstić information content (AvgIpc) is 2.71. The summed E-state index contributed by atoms with van der Waals surface area (Å²) >= 11 is 0. The molecular weight excluding hydrogens is 434 g/mol. The lowest BCUT2D eigenvalue weighted by Crippen LogP contribution is -2.11. The summed E-state index contributed by atoms with van der Waals surface area (Å²) in [5, 5.41) is 0. The number of pyridine rings is 1. The highest BCUT2D eigenvalue weighted by Gasteiger charge is 2.35. The van der Waals surface area contributed by atoms with Gasteiger partial charge in [0.05, 0.1) is 10.5 Å². The first-order valence-corrected chi connectivity index (χ1v) is 10.6. The van der Waals surface area contributed by atoms with Crippen molar-refractivity contribution in [2.24, 2.45) is 0 Å². The Morgan fingerprint density at radius 2 is 1.61 bits per heavy atom. The van der Waals surface area contributed by atoms with Crippen molar-refractivity contribution in [2.75, 3.05) is 12.9 Å². The highest BCUT2D eigenvalue weighted by atomic mass is 32.2. The summed E-state index contributed by atoms with van der Waals surface area (Å²) in [7, 11) is -3.50. The smallest absolute Gasteiger partial charge is 0.433 e. The van der Waals surface area contributed by atoms with E-state index < -0.39 is 27.5 Å². The third kappa shape index (κ3) is 5.03. The number of alkyl halides is 3. The first kappa shape index (κ1) is 22.3. The molecule has 0 bridgehead atoms. The zero-order valence-electron chi connectivity index (χ0n) is 16.1. The molecule has 160 valence electrons. The van der Waals surface area contributed by atoms with Gasteiger partial charge in [-0.15, -0.1) is 6.42 Å². The number of terminal acetylenes is 1. The van der Waals surface area contributed by atoms with Crippen LogP contribution in [0.15, 0.2) is 59.5 Å². The molecule has 0 amide bonds. The second-order valence-electron chi connectivity index (χ2n) is 6.53. The van der Waals surface area contributed by atoms with Crippen molar-refractivity contribution in [3.63, 3.8) is 0 Å². The number of rotatable bonds is 5. The van der Waals surface area contributed by atoms with Gasteiger partial charge in [-0.2, -0.15) is 13.2 Å². The van der Waals surface area contributed by atoms with Crippen molar-refractivity contribution < 1.29 is 30.7 Å². The van der Waals surface area contributed by atoms with Crippen molar-refractivity contribution >= 4 is 9.84 Å². The number of nitrogens with zero attached hydrogens (tertiary/aromatic N) is 1. The second kappa shape index (κ2) is 8.40. The molecule has 3 aromatic rings. The van der Waals surface area contributed by atoms with E-state index in [2.05, 4.69) is 10.9 Å². The Morgan fingerprint density at radius 3 is 2.13 bits per heavy atom. The lowest BCUT2D eigenvalue weighted by molar-refractivity contribution is -0.141. The molecule has 9 heteroatoms. The maximum absolute atomic E-state index is 13.5. The molecule has 0 spiro atoms. The Hall–Kier alpha value is -3.38. The maximum Gasteiger partial charge on any atom is 0.433 e. The van der Waals surface area contributed by atoms with Crippen molar-refractivity contribution in [2.45, 2.75) is 11.1 Å². The second-order valence-corrected chi connectivity index (χ2v) is 8.54. The number of benzene rings is 2. The third-order valence-corrected chi connectivity index (χ3v) is 5.42. The number of halogens is 4. The van der Waals surface area contributed by atoms with Crippen LogP contribution in [0, 0.1) is 18.2 Å². The number of ether oxygens (including phenoxy) is 1. The van der Waals surface area contributed by atoms with E-state index in [0.29, 0.717) is 5.56 Å². The average molecular weight is 449 g/mol. The van der Waals surface area contributed by atoms with Gasteiger partial charge in [-0.1, -0.05) is 30.2 Å². The minimum absolute atomic E-state index is 0.00786. The summed E-state index contributed by atoms with van der Waals surface area (Å²) < 4.78 is 82.7. The van der Waals surface area contributed by atoms with Crippen molar-refractivity contribution in [1.82, 2.24) is 4.98 Å². The minimum Gasteiger partial charge on any atom is -0.464 e. The molecule has 3 rings (SSSR count). The molecule has 0 aliphatic rings. The predicted molar refractivity (Wildman–Crippen MR) is 108 cm³/mol. The molecule has 31 heavy (non-hydrogen) atoms. The molecule has 0 fully saturated rings. The molecule has 0 saturated carbocycles. The van der Waals surface area contributed by atoms with Crippen molar-refractivity contribution in [3.8, 4) is 40.5 Å². The van der Waals surface area contributed by atoms with Crippen LogP contribution < -0.4 is 4.74 Å². The zero-order valence-corrected chi connectivity index (χ0v) is 16.9. The zero-order chi connectivity index (χ0) is 22.8. The summed E-state index contributed by atoms with van der Waals surface area (Å²) in [5.74, 6) is 1.27. The van der Waals surface area contributed by atoms with Crippen LogP contribution in [0.1, 0.15) is 5.69 Å². The van der Waals surface area contributed by atoms with E-state index >= 15 is 0 Å². The van der Waals surface area contributed by atoms with E-state index in [-0.39, 0.29) is 34.1 Å². The van der Waals surface area contributed by atoms with Crippen LogP contribution in [0.2, 0.25) is 0 Å². The quantitative estimate of drug-likeness (QED) is 0.407. The Balaban J connectivity index is 2.32. The van der Waals surface area contributed by atoms with E-state index in [0.717, 1.165) is 24.5 Å². The molecule has 0 aliphatic heterocycles. The summed E-state index contributed by atoms with van der Waals surface area (Å²) in [5.41, 5.74) is -0.356. The van der Waals surface area contributed by atoms with Crippen LogP contribution in [0.5, 0.6) is 5.88 Å². The first-order chi connectivity index (χ1) is 14.5. The van der Waals surface area contributed by atoms with Crippen molar-refractivity contribution in [1.29, 1.82) is 0 Å². The van der Waals surface area contributed by atoms with Gasteiger partial charge in [0.2, 0.25) is 5.88 Å². The van der Waals surface area contributed by atoms with Gasteiger partial charge in [0.25, 0.3) is 0 Å². The first-order valence-electron chi connectivity index (χ1n) is 8.75. The van der Waals surface area contributed by atoms with Gasteiger partial charge in [-0.25, -0.2) is 17.8 Å². The molecule has 0 atom stereocenters. The van der Waals surface area contributed by atoms with Crippen LogP contribution in [0.25, 0.3) is 22.3 Å². The Kier molecular flexibility index (Phi) is 6.04. The summed E-state index contributed by atoms with van der Waals surface area (Å²) in [4.78, 5) is 3.60. The largest absolute Gasteiger partial charge is 0.464 e. The molecule has 0 unspecified atom stereocenters. The molecule has 0 aliphatic carbocycles. The minimum atomic E-state index is -4.78. The van der Waals surface area contributed by atoms with Crippen LogP contribution in [0.4, 0.5) is 17.6 Å². The van der Waals surface area contributed by atoms with E-state index in [1.807, 2.05) is 0 Å². The molecule has 0 N–H and O–H groups in total. The highest BCUT2D eigenvalue weighted by molar-refractivity contribution is 7.90. The molecule has 1 heterocycles. The fourth-order valence-electron chi connectivity index (χ4n) is 2.89. The van der Waals surface area contributed by atoms with Gasteiger partial charge in [-0.05, 0) is 47.0 Å².